The average Bonchev–Trinajstić information content (AvgIpc) is 2.35. The SMILES string of the molecule is CC(C)(C)N(C(=O)O)C(CF)c1ccc(/C=N\O)cc1. The van der Waals surface area contributed by atoms with E-state index < -0.39 is 24.3 Å². The van der Waals surface area contributed by atoms with Crippen LogP contribution >= 0.6 is 0 Å². The van der Waals surface area contributed by atoms with Crippen molar-refractivity contribution in [1.29, 1.82) is 0 Å². The lowest BCUT2D eigenvalue weighted by Crippen LogP contribution is -2.47. The van der Waals surface area contributed by atoms with Crippen LogP contribution in [-0.2, 0) is 0 Å². The van der Waals surface area contributed by atoms with Crippen molar-refractivity contribution in [2.45, 2.75) is 32.4 Å². The van der Waals surface area contributed by atoms with Gasteiger partial charge in [-0.2, -0.15) is 0 Å². The van der Waals surface area contributed by atoms with E-state index in [0.29, 0.717) is 11.1 Å². The van der Waals surface area contributed by atoms with Crippen molar-refractivity contribution in [3.8, 4) is 0 Å². The molecule has 5 nitrogen and oxygen atoms in total. The van der Waals surface area contributed by atoms with E-state index in [1.165, 1.54) is 6.21 Å². The maximum Gasteiger partial charge on any atom is 0.408 e. The number of carboxylic acid groups (broad SMARTS) is 1. The first kappa shape index (κ1) is 15.9. The second kappa shape index (κ2) is 6.36. The van der Waals surface area contributed by atoms with Crippen molar-refractivity contribution in [3.05, 3.63) is 35.4 Å². The number of halogens is 1. The molecule has 0 aliphatic carbocycles. The second-order valence-electron chi connectivity index (χ2n) is 5.40. The van der Waals surface area contributed by atoms with E-state index in [-0.39, 0.29) is 0 Å². The second-order valence-corrected chi connectivity index (χ2v) is 5.40. The average molecular weight is 282 g/mol. The minimum absolute atomic E-state index is 0.555. The van der Waals surface area contributed by atoms with Gasteiger partial charge >= 0.3 is 6.09 Å². The molecule has 0 spiro atoms. The van der Waals surface area contributed by atoms with Crippen LogP contribution in [0.25, 0.3) is 0 Å². The van der Waals surface area contributed by atoms with Crippen LogP contribution < -0.4 is 0 Å². The van der Waals surface area contributed by atoms with Crippen LogP contribution in [0, 0.1) is 0 Å². The highest BCUT2D eigenvalue weighted by Crippen LogP contribution is 2.29. The summed E-state index contributed by atoms with van der Waals surface area (Å²) in [6, 6.07) is 5.67. The number of oxime groups is 1. The lowest BCUT2D eigenvalue weighted by molar-refractivity contribution is 0.0603. The van der Waals surface area contributed by atoms with E-state index in [0.717, 1.165) is 4.90 Å². The fourth-order valence-corrected chi connectivity index (χ4v) is 2.07. The van der Waals surface area contributed by atoms with Gasteiger partial charge < -0.3 is 10.3 Å². The van der Waals surface area contributed by atoms with Gasteiger partial charge in [0.05, 0.1) is 12.3 Å². The Balaban J connectivity index is 3.13. The molecular formula is C14H19FN2O3. The number of nitrogens with zero attached hydrogens (tertiary/aromatic N) is 2. The Bertz CT molecular complexity index is 480. The Kier molecular flexibility index (Phi) is 5.07. The summed E-state index contributed by atoms with van der Waals surface area (Å²) in [6.07, 6.45) is 0.0774. The molecule has 0 saturated carbocycles. The highest BCUT2D eigenvalue weighted by Gasteiger charge is 2.34. The first-order chi connectivity index (χ1) is 9.31. The summed E-state index contributed by atoms with van der Waals surface area (Å²) < 4.78 is 13.4. The van der Waals surface area contributed by atoms with Gasteiger partial charge in [0.1, 0.15) is 6.67 Å². The van der Waals surface area contributed by atoms with Crippen LogP contribution in [0.5, 0.6) is 0 Å². The number of rotatable bonds is 4. The molecule has 1 aromatic carbocycles. The van der Waals surface area contributed by atoms with Gasteiger partial charge in [-0.3, -0.25) is 4.90 Å². The summed E-state index contributed by atoms with van der Waals surface area (Å²) in [5, 5.41) is 20.7. The molecule has 1 rings (SSSR count). The van der Waals surface area contributed by atoms with Gasteiger partial charge in [-0.1, -0.05) is 29.4 Å². The molecule has 1 amide bonds. The molecule has 0 aliphatic rings. The van der Waals surface area contributed by atoms with Crippen LogP contribution in [0.15, 0.2) is 29.4 Å². The third-order valence-electron chi connectivity index (χ3n) is 2.91. The molecule has 1 aromatic rings. The van der Waals surface area contributed by atoms with E-state index in [1.807, 2.05) is 0 Å². The van der Waals surface area contributed by atoms with Crippen molar-refractivity contribution >= 4 is 12.3 Å². The monoisotopic (exact) mass is 282 g/mol. The molecule has 0 fully saturated rings. The van der Waals surface area contributed by atoms with Crippen LogP contribution in [0.4, 0.5) is 9.18 Å². The van der Waals surface area contributed by atoms with Gasteiger partial charge in [-0.05, 0) is 31.9 Å². The van der Waals surface area contributed by atoms with Gasteiger partial charge in [0.25, 0.3) is 0 Å². The first-order valence-electron chi connectivity index (χ1n) is 6.17. The van der Waals surface area contributed by atoms with Crippen molar-refractivity contribution in [1.82, 2.24) is 4.90 Å². The smallest absolute Gasteiger partial charge is 0.408 e. The van der Waals surface area contributed by atoms with Crippen LogP contribution in [-0.4, -0.2) is 39.7 Å². The molecule has 0 radical (unpaired) electrons. The van der Waals surface area contributed by atoms with E-state index in [9.17, 15) is 14.3 Å². The molecule has 110 valence electrons. The van der Waals surface area contributed by atoms with E-state index in [4.69, 9.17) is 5.21 Å². The first-order valence-corrected chi connectivity index (χ1v) is 6.17. The summed E-state index contributed by atoms with van der Waals surface area (Å²) >= 11 is 0. The molecule has 20 heavy (non-hydrogen) atoms. The molecule has 0 saturated heterocycles. The highest BCUT2D eigenvalue weighted by molar-refractivity contribution is 5.79. The summed E-state index contributed by atoms with van der Waals surface area (Å²) in [4.78, 5) is 12.5. The fourth-order valence-electron chi connectivity index (χ4n) is 2.07. The van der Waals surface area contributed by atoms with E-state index in [2.05, 4.69) is 5.16 Å². The Hall–Kier alpha value is -2.11. The molecule has 1 atom stereocenters. The fraction of sp³-hybridized carbons (Fsp3) is 0.429. The lowest BCUT2D eigenvalue weighted by Gasteiger charge is -2.38. The highest BCUT2D eigenvalue weighted by atomic mass is 19.1. The normalized spacial score (nSPS) is 13.4. The number of hydrogen-bond acceptors (Lipinski definition) is 3. The van der Waals surface area contributed by atoms with Gasteiger partial charge in [0, 0.05) is 5.54 Å². The third kappa shape index (κ3) is 3.69. The largest absolute Gasteiger partial charge is 0.465 e. The lowest BCUT2D eigenvalue weighted by atomic mass is 9.98. The summed E-state index contributed by atoms with van der Waals surface area (Å²) in [6.45, 7) is 4.35. The molecule has 0 heterocycles. The number of hydrogen-bond donors (Lipinski definition) is 2. The number of amides is 1. The van der Waals surface area contributed by atoms with Crippen molar-refractivity contribution in [3.63, 3.8) is 0 Å². The molecule has 0 aromatic heterocycles. The van der Waals surface area contributed by atoms with Crippen LogP contribution in [0.1, 0.15) is 37.9 Å². The molecule has 1 unspecified atom stereocenters. The minimum atomic E-state index is -1.17. The Morgan fingerprint density at radius 1 is 1.40 bits per heavy atom. The van der Waals surface area contributed by atoms with Crippen LogP contribution in [0.3, 0.4) is 0 Å². The van der Waals surface area contributed by atoms with Gasteiger partial charge in [0.15, 0.2) is 0 Å². The predicted molar refractivity (Wildman–Crippen MR) is 74.2 cm³/mol. The maximum atomic E-state index is 13.4. The zero-order valence-electron chi connectivity index (χ0n) is 11.7. The zero-order valence-corrected chi connectivity index (χ0v) is 11.7. The predicted octanol–water partition coefficient (Wildman–Crippen LogP) is 3.28. The summed E-state index contributed by atoms with van der Waals surface area (Å²) in [5.74, 6) is 0. The molecular weight excluding hydrogens is 263 g/mol. The summed E-state index contributed by atoms with van der Waals surface area (Å²) in [7, 11) is 0. The summed E-state index contributed by atoms with van der Waals surface area (Å²) in [5.41, 5.74) is 0.486. The van der Waals surface area contributed by atoms with E-state index in [1.54, 1.807) is 45.0 Å². The topological polar surface area (TPSA) is 73.1 Å². The Labute approximate surface area is 117 Å². The number of alkyl halides is 1. The number of carbonyl (C=O) groups is 1. The molecule has 0 bridgehead atoms. The van der Waals surface area contributed by atoms with Gasteiger partial charge in [0.2, 0.25) is 0 Å². The molecule has 6 heteroatoms. The maximum absolute atomic E-state index is 13.4. The third-order valence-corrected chi connectivity index (χ3v) is 2.91. The Morgan fingerprint density at radius 3 is 2.30 bits per heavy atom. The molecule has 0 aliphatic heterocycles. The van der Waals surface area contributed by atoms with Crippen molar-refractivity contribution < 1.29 is 19.5 Å². The molecule has 2 N–H and O–H groups in total. The van der Waals surface area contributed by atoms with Gasteiger partial charge in [-0.15, -0.1) is 0 Å². The number of benzene rings is 1. The van der Waals surface area contributed by atoms with Crippen molar-refractivity contribution in [2.75, 3.05) is 6.67 Å². The van der Waals surface area contributed by atoms with Crippen molar-refractivity contribution in [2.24, 2.45) is 5.16 Å². The minimum Gasteiger partial charge on any atom is -0.465 e. The quantitative estimate of drug-likeness (QED) is 0.505. The van der Waals surface area contributed by atoms with Crippen LogP contribution in [0.2, 0.25) is 0 Å². The Morgan fingerprint density at radius 2 is 1.95 bits per heavy atom. The van der Waals surface area contributed by atoms with Gasteiger partial charge in [-0.25, -0.2) is 9.18 Å². The zero-order chi connectivity index (χ0) is 15.3. The van der Waals surface area contributed by atoms with E-state index >= 15 is 0 Å². The standard InChI is InChI=1S/C14H19FN2O3/c1-14(2,3)17(13(18)19)12(8-15)11-6-4-10(5-7-11)9-16-20/h4-7,9,12,20H,8H2,1-3H3,(H,18,19)/b16-9-.